The minimum atomic E-state index is 0.856. The summed E-state index contributed by atoms with van der Waals surface area (Å²) in [5.41, 5.74) is 1.03. The number of imidazole rings is 1. The third kappa shape index (κ3) is 2.23. The number of hydrogen-bond acceptors (Lipinski definition) is 3. The van der Waals surface area contributed by atoms with Gasteiger partial charge in [-0.3, -0.25) is 0 Å². The molecule has 0 aliphatic rings. The minimum absolute atomic E-state index is 0.856. The van der Waals surface area contributed by atoms with E-state index in [4.69, 9.17) is 0 Å². The van der Waals surface area contributed by atoms with Crippen LogP contribution in [0.25, 0.3) is 0 Å². The van der Waals surface area contributed by atoms with Gasteiger partial charge in [-0.05, 0) is 34.3 Å². The molecule has 0 aliphatic carbocycles. The summed E-state index contributed by atoms with van der Waals surface area (Å²) in [6.07, 6.45) is 2.05. The number of halogens is 1. The van der Waals surface area contributed by atoms with Gasteiger partial charge < -0.3 is 9.88 Å². The molecule has 0 fully saturated rings. The first-order chi connectivity index (χ1) is 7.20. The molecule has 5 heteroatoms. The Labute approximate surface area is 101 Å². The number of anilines is 1. The SMILES string of the molecule is CNc1nc(C)cn1Cc1sccc1Br. The van der Waals surface area contributed by atoms with Crippen LogP contribution in [0.1, 0.15) is 10.6 Å². The molecule has 0 bridgehead atoms. The van der Waals surface area contributed by atoms with Gasteiger partial charge in [0, 0.05) is 22.6 Å². The van der Waals surface area contributed by atoms with Crippen molar-refractivity contribution in [1.29, 1.82) is 0 Å². The van der Waals surface area contributed by atoms with Gasteiger partial charge in [0.1, 0.15) is 0 Å². The van der Waals surface area contributed by atoms with Crippen molar-refractivity contribution in [3.8, 4) is 0 Å². The summed E-state index contributed by atoms with van der Waals surface area (Å²) in [7, 11) is 1.89. The molecule has 2 rings (SSSR count). The number of hydrogen-bond donors (Lipinski definition) is 1. The lowest BCUT2D eigenvalue weighted by Crippen LogP contribution is -2.03. The molecule has 0 atom stereocenters. The second kappa shape index (κ2) is 4.37. The van der Waals surface area contributed by atoms with Crippen LogP contribution in [0.15, 0.2) is 22.1 Å². The first kappa shape index (κ1) is 10.7. The Morgan fingerprint density at radius 2 is 2.40 bits per heavy atom. The van der Waals surface area contributed by atoms with Gasteiger partial charge in [-0.25, -0.2) is 4.98 Å². The van der Waals surface area contributed by atoms with Crippen LogP contribution in [0.3, 0.4) is 0 Å². The fourth-order valence-electron chi connectivity index (χ4n) is 1.46. The molecule has 1 N–H and O–H groups in total. The average Bonchev–Trinajstić information content (AvgIpc) is 2.75. The van der Waals surface area contributed by atoms with E-state index < -0.39 is 0 Å². The summed E-state index contributed by atoms with van der Waals surface area (Å²) < 4.78 is 3.28. The Morgan fingerprint density at radius 3 is 3.00 bits per heavy atom. The van der Waals surface area contributed by atoms with Crippen molar-refractivity contribution in [2.24, 2.45) is 0 Å². The van der Waals surface area contributed by atoms with E-state index in [0.29, 0.717) is 0 Å². The van der Waals surface area contributed by atoms with E-state index in [-0.39, 0.29) is 0 Å². The topological polar surface area (TPSA) is 29.9 Å². The van der Waals surface area contributed by atoms with Crippen molar-refractivity contribution in [3.63, 3.8) is 0 Å². The van der Waals surface area contributed by atoms with Gasteiger partial charge in [0.2, 0.25) is 5.95 Å². The second-order valence-corrected chi connectivity index (χ2v) is 5.13. The third-order valence-electron chi connectivity index (χ3n) is 2.13. The van der Waals surface area contributed by atoms with Crippen molar-refractivity contribution in [1.82, 2.24) is 9.55 Å². The molecular weight excluding hydrogens is 274 g/mol. The Morgan fingerprint density at radius 1 is 1.60 bits per heavy atom. The molecule has 3 nitrogen and oxygen atoms in total. The lowest BCUT2D eigenvalue weighted by molar-refractivity contribution is 0.814. The minimum Gasteiger partial charge on any atom is -0.359 e. The van der Waals surface area contributed by atoms with Crippen LogP contribution in [0, 0.1) is 6.92 Å². The predicted molar refractivity (Wildman–Crippen MR) is 67.6 cm³/mol. The highest BCUT2D eigenvalue weighted by Gasteiger charge is 2.07. The van der Waals surface area contributed by atoms with Gasteiger partial charge in [-0.15, -0.1) is 11.3 Å². The quantitative estimate of drug-likeness (QED) is 0.939. The zero-order valence-electron chi connectivity index (χ0n) is 8.62. The number of aromatic nitrogens is 2. The highest BCUT2D eigenvalue weighted by molar-refractivity contribution is 9.10. The number of nitrogens with zero attached hydrogens (tertiary/aromatic N) is 2. The molecule has 2 heterocycles. The molecule has 0 unspecified atom stereocenters. The van der Waals surface area contributed by atoms with E-state index in [9.17, 15) is 0 Å². The fraction of sp³-hybridized carbons (Fsp3) is 0.300. The summed E-state index contributed by atoms with van der Waals surface area (Å²) in [4.78, 5) is 5.69. The number of thiophene rings is 1. The zero-order valence-corrected chi connectivity index (χ0v) is 11.0. The molecule has 2 aromatic heterocycles. The lowest BCUT2D eigenvalue weighted by Gasteiger charge is -2.05. The van der Waals surface area contributed by atoms with E-state index in [0.717, 1.165) is 18.2 Å². The number of nitrogens with one attached hydrogen (secondary N) is 1. The van der Waals surface area contributed by atoms with Gasteiger partial charge in [0.15, 0.2) is 0 Å². The van der Waals surface area contributed by atoms with Crippen LogP contribution < -0.4 is 5.32 Å². The molecule has 0 saturated heterocycles. The molecule has 15 heavy (non-hydrogen) atoms. The van der Waals surface area contributed by atoms with Crippen molar-refractivity contribution in [2.45, 2.75) is 13.5 Å². The van der Waals surface area contributed by atoms with E-state index in [1.807, 2.05) is 14.0 Å². The van der Waals surface area contributed by atoms with Crippen LogP contribution in [-0.4, -0.2) is 16.6 Å². The number of rotatable bonds is 3. The van der Waals surface area contributed by atoms with Crippen LogP contribution in [0.4, 0.5) is 5.95 Å². The van der Waals surface area contributed by atoms with E-state index in [2.05, 4.69) is 48.4 Å². The van der Waals surface area contributed by atoms with Crippen LogP contribution in [-0.2, 0) is 6.54 Å². The first-order valence-electron chi connectivity index (χ1n) is 4.64. The summed E-state index contributed by atoms with van der Waals surface area (Å²) in [6, 6.07) is 2.07. The molecule has 2 aromatic rings. The summed E-state index contributed by atoms with van der Waals surface area (Å²) >= 11 is 5.28. The standard InChI is InChI=1S/C10H12BrN3S/c1-7-5-14(10(12-2)13-7)6-9-8(11)3-4-15-9/h3-5H,6H2,1-2H3,(H,12,13). The van der Waals surface area contributed by atoms with Crippen molar-refractivity contribution in [3.05, 3.63) is 32.7 Å². The van der Waals surface area contributed by atoms with Crippen molar-refractivity contribution < 1.29 is 0 Å². The van der Waals surface area contributed by atoms with Crippen LogP contribution >= 0.6 is 27.3 Å². The molecule has 0 spiro atoms. The Bertz CT molecular complexity index is 461. The average molecular weight is 286 g/mol. The first-order valence-corrected chi connectivity index (χ1v) is 6.31. The summed E-state index contributed by atoms with van der Waals surface area (Å²) in [6.45, 7) is 2.86. The van der Waals surface area contributed by atoms with E-state index in [1.165, 1.54) is 9.35 Å². The molecule has 0 aliphatic heterocycles. The molecule has 80 valence electrons. The monoisotopic (exact) mass is 285 g/mol. The van der Waals surface area contributed by atoms with Crippen molar-refractivity contribution >= 4 is 33.2 Å². The van der Waals surface area contributed by atoms with Gasteiger partial charge in [0.25, 0.3) is 0 Å². The normalized spacial score (nSPS) is 10.6. The summed E-state index contributed by atoms with van der Waals surface area (Å²) in [5.74, 6) is 0.910. The summed E-state index contributed by atoms with van der Waals surface area (Å²) in [5, 5.41) is 5.18. The fourth-order valence-corrected chi connectivity index (χ4v) is 2.94. The second-order valence-electron chi connectivity index (χ2n) is 3.28. The van der Waals surface area contributed by atoms with E-state index >= 15 is 0 Å². The smallest absolute Gasteiger partial charge is 0.203 e. The van der Waals surface area contributed by atoms with Gasteiger partial charge in [0.05, 0.1) is 12.2 Å². The zero-order chi connectivity index (χ0) is 10.8. The third-order valence-corrected chi connectivity index (χ3v) is 4.04. The highest BCUT2D eigenvalue weighted by atomic mass is 79.9. The van der Waals surface area contributed by atoms with Gasteiger partial charge >= 0.3 is 0 Å². The maximum atomic E-state index is 4.38. The van der Waals surface area contributed by atoms with Gasteiger partial charge in [-0.2, -0.15) is 0 Å². The molecular formula is C10H12BrN3S. The Kier molecular flexibility index (Phi) is 3.11. The Balaban J connectivity index is 2.27. The van der Waals surface area contributed by atoms with E-state index in [1.54, 1.807) is 11.3 Å². The molecule has 0 radical (unpaired) electrons. The predicted octanol–water partition coefficient (Wildman–Crippen LogP) is 3.11. The highest BCUT2D eigenvalue weighted by Crippen LogP contribution is 2.24. The van der Waals surface area contributed by atoms with Crippen molar-refractivity contribution in [2.75, 3.05) is 12.4 Å². The lowest BCUT2D eigenvalue weighted by atomic mass is 10.4. The maximum absolute atomic E-state index is 4.38. The maximum Gasteiger partial charge on any atom is 0.203 e. The molecule has 0 aromatic carbocycles. The van der Waals surface area contributed by atoms with Crippen LogP contribution in [0.5, 0.6) is 0 Å². The number of aryl methyl sites for hydroxylation is 1. The van der Waals surface area contributed by atoms with Crippen LogP contribution in [0.2, 0.25) is 0 Å². The largest absolute Gasteiger partial charge is 0.359 e. The van der Waals surface area contributed by atoms with Gasteiger partial charge in [-0.1, -0.05) is 0 Å². The Hall–Kier alpha value is -0.810. The molecule has 0 saturated carbocycles. The molecule has 0 amide bonds.